The van der Waals surface area contributed by atoms with Crippen LogP contribution in [0.25, 0.3) is 0 Å². The average Bonchev–Trinajstić information content (AvgIpc) is 2.54. The Bertz CT molecular complexity index is 689. The molecule has 0 N–H and O–H groups in total. The van der Waals surface area contributed by atoms with Crippen LogP contribution in [0.4, 0.5) is 0 Å². The van der Waals surface area contributed by atoms with Crippen LogP contribution >= 0.6 is 0 Å². The van der Waals surface area contributed by atoms with Gasteiger partial charge in [0.1, 0.15) is 8.07 Å². The minimum Gasteiger partial charge on any atom is -0.396 e. The van der Waals surface area contributed by atoms with E-state index in [1.54, 1.807) is 0 Å². The van der Waals surface area contributed by atoms with Crippen molar-refractivity contribution >= 4 is 26.8 Å². The van der Waals surface area contributed by atoms with Crippen LogP contribution in [-0.2, 0) is 4.43 Å². The smallest absolute Gasteiger partial charge is 0.262 e. The molecule has 0 aliphatic heterocycles. The molecule has 3 heteroatoms. The first kappa shape index (κ1) is 19.7. The van der Waals surface area contributed by atoms with Crippen molar-refractivity contribution in [1.29, 1.82) is 0 Å². The van der Waals surface area contributed by atoms with E-state index in [4.69, 9.17) is 4.43 Å². The lowest BCUT2D eigenvalue weighted by Crippen LogP contribution is -2.66. The monoisotopic (exact) mass is 366 g/mol. The van der Waals surface area contributed by atoms with E-state index in [1.165, 1.54) is 10.4 Å². The summed E-state index contributed by atoms with van der Waals surface area (Å²) in [5, 5.41) is 2.63. The molecule has 0 atom stereocenters. The van der Waals surface area contributed by atoms with Crippen LogP contribution < -0.4 is 10.4 Å². The molecule has 25 heavy (non-hydrogen) atoms. The van der Waals surface area contributed by atoms with E-state index in [9.17, 15) is 0 Å². The molecule has 0 amide bonds. The summed E-state index contributed by atoms with van der Waals surface area (Å²) in [5.41, 5.74) is 3.43. The molecule has 132 valence electrons. The molecule has 2 aromatic carbocycles. The summed E-state index contributed by atoms with van der Waals surface area (Å²) in [6, 6.07) is 21.5. The lowest BCUT2D eigenvalue weighted by atomic mass is 10.2. The zero-order valence-electron chi connectivity index (χ0n) is 16.4. The molecule has 0 spiro atoms. The highest BCUT2D eigenvalue weighted by atomic mass is 28.4. The predicted molar refractivity (Wildman–Crippen MR) is 115 cm³/mol. The van der Waals surface area contributed by atoms with Crippen molar-refractivity contribution in [3.8, 4) is 11.5 Å². The number of rotatable bonds is 4. The van der Waals surface area contributed by atoms with Gasteiger partial charge in [0.15, 0.2) is 0 Å². The number of hydrogen-bond donors (Lipinski definition) is 0. The molecular formula is C22H30OSi2. The molecule has 0 saturated carbocycles. The van der Waals surface area contributed by atoms with Gasteiger partial charge in [0.2, 0.25) is 0 Å². The van der Waals surface area contributed by atoms with Gasteiger partial charge in [-0.1, -0.05) is 107 Å². The molecule has 0 aliphatic rings. The van der Waals surface area contributed by atoms with E-state index in [0.717, 1.165) is 0 Å². The van der Waals surface area contributed by atoms with Gasteiger partial charge < -0.3 is 4.43 Å². The SMILES string of the molecule is CC(C)(C)[Si](OCC#C[Si](C)(C)C)(c1ccccc1)c1ccccc1. The van der Waals surface area contributed by atoms with Crippen molar-refractivity contribution in [3.05, 3.63) is 60.7 Å². The molecule has 0 bridgehead atoms. The summed E-state index contributed by atoms with van der Waals surface area (Å²) in [7, 11) is -3.82. The van der Waals surface area contributed by atoms with E-state index in [2.05, 4.69) is 113 Å². The van der Waals surface area contributed by atoms with Crippen molar-refractivity contribution in [2.24, 2.45) is 0 Å². The van der Waals surface area contributed by atoms with Crippen molar-refractivity contribution < 1.29 is 4.43 Å². The minimum absolute atomic E-state index is 0.0105. The maximum absolute atomic E-state index is 6.75. The van der Waals surface area contributed by atoms with Crippen molar-refractivity contribution in [1.82, 2.24) is 0 Å². The highest BCUT2D eigenvalue weighted by molar-refractivity contribution is 6.99. The van der Waals surface area contributed by atoms with Gasteiger partial charge in [-0.2, -0.15) is 0 Å². The third-order valence-corrected chi connectivity index (χ3v) is 10.2. The first-order valence-corrected chi connectivity index (χ1v) is 14.3. The molecule has 0 heterocycles. The van der Waals surface area contributed by atoms with E-state index in [-0.39, 0.29) is 5.04 Å². The third kappa shape index (κ3) is 4.73. The van der Waals surface area contributed by atoms with Gasteiger partial charge >= 0.3 is 0 Å². The van der Waals surface area contributed by atoms with Gasteiger partial charge in [0.25, 0.3) is 8.32 Å². The van der Waals surface area contributed by atoms with E-state index >= 15 is 0 Å². The Morgan fingerprint density at radius 3 is 1.60 bits per heavy atom. The highest BCUT2D eigenvalue weighted by Crippen LogP contribution is 2.36. The summed E-state index contributed by atoms with van der Waals surface area (Å²) in [6.07, 6.45) is 0. The Morgan fingerprint density at radius 2 is 1.24 bits per heavy atom. The third-order valence-electron chi connectivity index (χ3n) is 4.24. The Balaban J connectivity index is 2.54. The highest BCUT2D eigenvalue weighted by Gasteiger charge is 2.49. The van der Waals surface area contributed by atoms with Crippen LogP contribution in [0.5, 0.6) is 0 Å². The Morgan fingerprint density at radius 1 is 0.800 bits per heavy atom. The fourth-order valence-electron chi connectivity index (χ4n) is 3.21. The number of benzene rings is 2. The van der Waals surface area contributed by atoms with Gasteiger partial charge in [-0.3, -0.25) is 0 Å². The van der Waals surface area contributed by atoms with Crippen LogP contribution in [0.2, 0.25) is 24.7 Å². The van der Waals surface area contributed by atoms with E-state index in [1.807, 2.05) is 0 Å². The molecule has 0 unspecified atom stereocenters. The zero-order valence-corrected chi connectivity index (χ0v) is 18.4. The summed E-state index contributed by atoms with van der Waals surface area (Å²) >= 11 is 0. The molecule has 2 rings (SSSR count). The van der Waals surface area contributed by atoms with Crippen LogP contribution in [0.1, 0.15) is 20.8 Å². The molecule has 2 aromatic rings. The first-order valence-electron chi connectivity index (χ1n) is 8.92. The van der Waals surface area contributed by atoms with Crippen molar-refractivity contribution in [2.75, 3.05) is 6.61 Å². The molecule has 0 aromatic heterocycles. The lowest BCUT2D eigenvalue weighted by Gasteiger charge is -2.42. The number of hydrogen-bond acceptors (Lipinski definition) is 1. The molecule has 0 fully saturated rings. The van der Waals surface area contributed by atoms with Crippen LogP contribution in [0.3, 0.4) is 0 Å². The second kappa shape index (κ2) is 7.74. The molecule has 1 nitrogen and oxygen atoms in total. The Labute approximate surface area is 155 Å². The zero-order chi connectivity index (χ0) is 18.6. The fourth-order valence-corrected chi connectivity index (χ4v) is 8.25. The second-order valence-corrected chi connectivity index (χ2v) is 17.6. The minimum atomic E-state index is -2.43. The quantitative estimate of drug-likeness (QED) is 0.574. The average molecular weight is 367 g/mol. The lowest BCUT2D eigenvalue weighted by molar-refractivity contribution is 0.346. The first-order chi connectivity index (χ1) is 11.7. The normalized spacial score (nSPS) is 12.4. The van der Waals surface area contributed by atoms with Crippen LogP contribution in [-0.4, -0.2) is 23.0 Å². The topological polar surface area (TPSA) is 9.23 Å². The Hall–Kier alpha value is -1.61. The molecule has 0 aliphatic carbocycles. The molecular weight excluding hydrogens is 336 g/mol. The van der Waals surface area contributed by atoms with E-state index in [0.29, 0.717) is 6.61 Å². The maximum atomic E-state index is 6.75. The van der Waals surface area contributed by atoms with Gasteiger partial charge in [-0.25, -0.2) is 0 Å². The van der Waals surface area contributed by atoms with Gasteiger partial charge in [-0.15, -0.1) is 5.54 Å². The van der Waals surface area contributed by atoms with Gasteiger partial charge in [0, 0.05) is 0 Å². The summed E-state index contributed by atoms with van der Waals surface area (Å²) in [5.74, 6) is 3.32. The van der Waals surface area contributed by atoms with Gasteiger partial charge in [-0.05, 0) is 15.4 Å². The van der Waals surface area contributed by atoms with Crippen LogP contribution in [0.15, 0.2) is 60.7 Å². The van der Waals surface area contributed by atoms with Crippen LogP contribution in [0, 0.1) is 11.5 Å². The van der Waals surface area contributed by atoms with Gasteiger partial charge in [0.05, 0.1) is 6.61 Å². The maximum Gasteiger partial charge on any atom is 0.262 e. The fraction of sp³-hybridized carbons (Fsp3) is 0.364. The molecule has 0 radical (unpaired) electrons. The summed E-state index contributed by atoms with van der Waals surface area (Å²) in [4.78, 5) is 0. The summed E-state index contributed by atoms with van der Waals surface area (Å²) < 4.78 is 6.75. The standard InChI is InChI=1S/C22H30OSi2/c1-22(2,3)25(20-14-9-7-10-15-20,21-16-11-8-12-17-21)23-18-13-19-24(4,5)6/h7-12,14-17H,18H2,1-6H3. The van der Waals surface area contributed by atoms with E-state index < -0.39 is 16.4 Å². The van der Waals surface area contributed by atoms with Crippen molar-refractivity contribution in [3.63, 3.8) is 0 Å². The van der Waals surface area contributed by atoms with Crippen molar-refractivity contribution in [2.45, 2.75) is 45.5 Å². The Kier molecular flexibility index (Phi) is 6.10. The summed E-state index contributed by atoms with van der Waals surface area (Å²) in [6.45, 7) is 14.2. The second-order valence-electron chi connectivity index (χ2n) is 8.50. The predicted octanol–water partition coefficient (Wildman–Crippen LogP) is 4.44. The largest absolute Gasteiger partial charge is 0.396 e. The molecule has 0 saturated heterocycles.